The number of fused-ring (bicyclic) bond motifs is 1. The molecule has 1 saturated carbocycles. The molecule has 1 fully saturated rings. The highest BCUT2D eigenvalue weighted by Crippen LogP contribution is 2.42. The lowest BCUT2D eigenvalue weighted by Gasteiger charge is -2.42. The number of methoxy groups -OCH3 is 1. The van der Waals surface area contributed by atoms with Crippen molar-refractivity contribution in [2.75, 3.05) is 13.7 Å². The predicted octanol–water partition coefficient (Wildman–Crippen LogP) is 2.36. The van der Waals surface area contributed by atoms with E-state index in [-0.39, 0.29) is 0 Å². The lowest BCUT2D eigenvalue weighted by molar-refractivity contribution is 0.107. The van der Waals surface area contributed by atoms with E-state index in [4.69, 9.17) is 4.74 Å². The molecule has 0 heterocycles. The van der Waals surface area contributed by atoms with Crippen molar-refractivity contribution in [1.82, 2.24) is 5.32 Å². The molecule has 0 aliphatic heterocycles. The Morgan fingerprint density at radius 1 is 1.53 bits per heavy atom. The molecule has 2 aliphatic rings. The van der Waals surface area contributed by atoms with Crippen LogP contribution >= 0.6 is 0 Å². The van der Waals surface area contributed by atoms with Crippen molar-refractivity contribution in [1.29, 1.82) is 0 Å². The third-order valence-corrected chi connectivity index (χ3v) is 3.82. The maximum absolute atomic E-state index is 5.26. The van der Waals surface area contributed by atoms with Crippen LogP contribution in [0.5, 0.6) is 0 Å². The number of nitrogens with one attached hydrogen (secondary N) is 1. The molecule has 4 unspecified atom stereocenters. The summed E-state index contributed by atoms with van der Waals surface area (Å²) in [7, 11) is 1.80. The van der Waals surface area contributed by atoms with Crippen molar-refractivity contribution in [3.63, 3.8) is 0 Å². The van der Waals surface area contributed by atoms with Crippen LogP contribution in [0.2, 0.25) is 0 Å². The van der Waals surface area contributed by atoms with Gasteiger partial charge in [-0.1, -0.05) is 25.5 Å². The first-order valence-electron chi connectivity index (χ1n) is 6.26. The summed E-state index contributed by atoms with van der Waals surface area (Å²) in [5.74, 6) is 1.77. The second-order valence-corrected chi connectivity index (χ2v) is 4.95. The Hall–Kier alpha value is -0.340. The molecule has 15 heavy (non-hydrogen) atoms. The Bertz CT molecular complexity index is 221. The van der Waals surface area contributed by atoms with Gasteiger partial charge in [-0.05, 0) is 31.1 Å². The molecule has 2 aliphatic carbocycles. The molecule has 2 rings (SSSR count). The van der Waals surface area contributed by atoms with E-state index < -0.39 is 0 Å². The SMILES string of the molecule is CCCC(COC)NC1CC2CC=CC21. The molecule has 4 atom stereocenters. The molecular formula is C13H23NO. The summed E-state index contributed by atoms with van der Waals surface area (Å²) in [6.45, 7) is 3.09. The topological polar surface area (TPSA) is 21.3 Å². The summed E-state index contributed by atoms with van der Waals surface area (Å²) < 4.78 is 5.26. The Morgan fingerprint density at radius 2 is 2.40 bits per heavy atom. The van der Waals surface area contributed by atoms with Crippen molar-refractivity contribution < 1.29 is 4.74 Å². The van der Waals surface area contributed by atoms with Crippen molar-refractivity contribution in [2.24, 2.45) is 11.8 Å². The molecule has 0 bridgehead atoms. The average molecular weight is 209 g/mol. The number of hydrogen-bond donors (Lipinski definition) is 1. The van der Waals surface area contributed by atoms with Crippen molar-refractivity contribution >= 4 is 0 Å². The minimum absolute atomic E-state index is 0.556. The Balaban J connectivity index is 1.76. The van der Waals surface area contributed by atoms with Crippen LogP contribution in [0.3, 0.4) is 0 Å². The fraction of sp³-hybridized carbons (Fsp3) is 0.846. The number of ether oxygens (including phenoxy) is 1. The summed E-state index contributed by atoms with van der Waals surface area (Å²) in [5.41, 5.74) is 0. The molecule has 0 radical (unpaired) electrons. The van der Waals surface area contributed by atoms with Gasteiger partial charge in [0.15, 0.2) is 0 Å². The van der Waals surface area contributed by atoms with Gasteiger partial charge in [-0.15, -0.1) is 0 Å². The van der Waals surface area contributed by atoms with E-state index in [1.807, 2.05) is 0 Å². The fourth-order valence-electron chi connectivity index (χ4n) is 2.97. The van der Waals surface area contributed by atoms with Crippen LogP contribution in [0.15, 0.2) is 12.2 Å². The van der Waals surface area contributed by atoms with E-state index in [1.165, 1.54) is 25.7 Å². The van der Waals surface area contributed by atoms with Gasteiger partial charge in [0.25, 0.3) is 0 Å². The highest BCUT2D eigenvalue weighted by atomic mass is 16.5. The third kappa shape index (κ3) is 2.43. The molecule has 2 heteroatoms. The Labute approximate surface area is 93.1 Å². The predicted molar refractivity (Wildman–Crippen MR) is 62.8 cm³/mol. The zero-order valence-corrected chi connectivity index (χ0v) is 9.91. The van der Waals surface area contributed by atoms with Gasteiger partial charge in [0.05, 0.1) is 6.61 Å². The van der Waals surface area contributed by atoms with Gasteiger partial charge in [-0.25, -0.2) is 0 Å². The second-order valence-electron chi connectivity index (χ2n) is 4.95. The van der Waals surface area contributed by atoms with Gasteiger partial charge in [-0.3, -0.25) is 0 Å². The first-order chi connectivity index (χ1) is 7.35. The molecule has 0 amide bonds. The molecule has 2 nitrogen and oxygen atoms in total. The maximum Gasteiger partial charge on any atom is 0.0615 e. The van der Waals surface area contributed by atoms with Crippen molar-refractivity contribution in [3.05, 3.63) is 12.2 Å². The maximum atomic E-state index is 5.26. The van der Waals surface area contributed by atoms with Gasteiger partial charge < -0.3 is 10.1 Å². The smallest absolute Gasteiger partial charge is 0.0615 e. The minimum atomic E-state index is 0.556. The summed E-state index contributed by atoms with van der Waals surface area (Å²) in [5, 5.41) is 3.75. The first-order valence-corrected chi connectivity index (χ1v) is 6.26. The molecule has 86 valence electrons. The quantitative estimate of drug-likeness (QED) is 0.678. The lowest BCUT2D eigenvalue weighted by Crippen LogP contribution is -2.52. The van der Waals surface area contributed by atoms with E-state index in [9.17, 15) is 0 Å². The molecule has 0 saturated heterocycles. The third-order valence-electron chi connectivity index (χ3n) is 3.82. The van der Waals surface area contributed by atoms with Crippen LogP contribution in [-0.4, -0.2) is 25.8 Å². The van der Waals surface area contributed by atoms with Crippen LogP contribution in [-0.2, 0) is 4.74 Å². The van der Waals surface area contributed by atoms with Crippen molar-refractivity contribution in [3.8, 4) is 0 Å². The molecule has 0 aromatic heterocycles. The van der Waals surface area contributed by atoms with Crippen LogP contribution in [0.1, 0.15) is 32.6 Å². The summed E-state index contributed by atoms with van der Waals surface area (Å²) in [6, 6.07) is 1.28. The zero-order valence-electron chi connectivity index (χ0n) is 9.91. The monoisotopic (exact) mass is 209 g/mol. The van der Waals surface area contributed by atoms with Gasteiger partial charge in [0.1, 0.15) is 0 Å². The van der Waals surface area contributed by atoms with Crippen molar-refractivity contribution in [2.45, 2.75) is 44.7 Å². The second kappa shape index (κ2) is 5.13. The standard InChI is InChI=1S/C13H23NO/c1-3-5-11(9-15-2)14-13-8-10-6-4-7-12(10)13/h4,7,10-14H,3,5-6,8-9H2,1-2H3. The zero-order chi connectivity index (χ0) is 10.7. The number of hydrogen-bond acceptors (Lipinski definition) is 2. The van der Waals surface area contributed by atoms with Crippen LogP contribution < -0.4 is 5.32 Å². The Kier molecular flexibility index (Phi) is 3.81. The van der Waals surface area contributed by atoms with E-state index in [2.05, 4.69) is 24.4 Å². The van der Waals surface area contributed by atoms with E-state index in [0.29, 0.717) is 6.04 Å². The Morgan fingerprint density at radius 3 is 3.07 bits per heavy atom. The number of allylic oxidation sites excluding steroid dienone is 1. The van der Waals surface area contributed by atoms with Gasteiger partial charge in [-0.2, -0.15) is 0 Å². The normalized spacial score (nSPS) is 34.9. The molecule has 0 aromatic rings. The average Bonchev–Trinajstić information content (AvgIpc) is 2.57. The molecule has 0 aromatic carbocycles. The first kappa shape index (κ1) is 11.2. The summed E-state index contributed by atoms with van der Waals surface area (Å²) >= 11 is 0. The van der Waals surface area contributed by atoms with Crippen LogP contribution in [0, 0.1) is 11.8 Å². The summed E-state index contributed by atoms with van der Waals surface area (Å²) in [6.07, 6.45) is 9.89. The highest BCUT2D eigenvalue weighted by Gasteiger charge is 2.41. The largest absolute Gasteiger partial charge is 0.383 e. The van der Waals surface area contributed by atoms with Crippen LogP contribution in [0.25, 0.3) is 0 Å². The lowest BCUT2D eigenvalue weighted by atomic mass is 9.71. The summed E-state index contributed by atoms with van der Waals surface area (Å²) in [4.78, 5) is 0. The van der Waals surface area contributed by atoms with Gasteiger partial charge in [0.2, 0.25) is 0 Å². The van der Waals surface area contributed by atoms with Crippen LogP contribution in [0.4, 0.5) is 0 Å². The minimum Gasteiger partial charge on any atom is -0.383 e. The van der Waals surface area contributed by atoms with E-state index >= 15 is 0 Å². The fourth-order valence-corrected chi connectivity index (χ4v) is 2.97. The van der Waals surface area contributed by atoms with Gasteiger partial charge >= 0.3 is 0 Å². The molecule has 1 N–H and O–H groups in total. The van der Waals surface area contributed by atoms with E-state index in [0.717, 1.165) is 24.5 Å². The number of rotatable bonds is 6. The molecular weight excluding hydrogens is 186 g/mol. The highest BCUT2D eigenvalue weighted by molar-refractivity contribution is 5.13. The van der Waals surface area contributed by atoms with E-state index in [1.54, 1.807) is 7.11 Å². The molecule has 0 spiro atoms. The van der Waals surface area contributed by atoms with Gasteiger partial charge in [0, 0.05) is 19.2 Å².